The van der Waals surface area contributed by atoms with Crippen LogP contribution in [0.5, 0.6) is 0 Å². The summed E-state index contributed by atoms with van der Waals surface area (Å²) in [4.78, 5) is 57.1. The maximum absolute atomic E-state index is 15.0. The minimum absolute atomic E-state index is 0.0585. The molecule has 8 bridgehead atoms. The molecule has 4 atom stereocenters. The quantitative estimate of drug-likeness (QED) is 0.0129. The molecule has 4 unspecified atom stereocenters. The second kappa shape index (κ2) is 32.0. The number of carbonyl (C=O) groups is 3. The van der Waals surface area contributed by atoms with E-state index in [1.165, 1.54) is 17.5 Å². The number of allylic oxidation sites excluding steroid dienone is 11. The van der Waals surface area contributed by atoms with Crippen LogP contribution in [-0.2, 0) is 51.8 Å². The summed E-state index contributed by atoms with van der Waals surface area (Å²) in [7, 11) is -8.34. The van der Waals surface area contributed by atoms with Crippen molar-refractivity contribution in [3.05, 3.63) is 208 Å². The maximum Gasteiger partial charge on any atom is 0.264 e. The topological polar surface area (TPSA) is 259 Å². The molecule has 18 nitrogen and oxygen atoms in total. The molecule has 8 N–H and O–H groups in total. The summed E-state index contributed by atoms with van der Waals surface area (Å²) >= 11 is 7.71. The number of halogens is 1. The molecule has 1 saturated heterocycles. The molecule has 109 heavy (non-hydrogen) atoms. The number of nitrogens with zero attached hydrogens (tertiary/aromatic N) is 2. The van der Waals surface area contributed by atoms with Crippen molar-refractivity contribution in [3.63, 3.8) is 0 Å². The minimum atomic E-state index is -4.17. The first-order chi connectivity index (χ1) is 52.0. The molecular weight excluding hydrogens is 1430 g/mol. The van der Waals surface area contributed by atoms with Gasteiger partial charge in [-0.15, -0.1) is 0 Å². The zero-order valence-electron chi connectivity index (χ0n) is 64.9. The predicted octanol–water partition coefficient (Wildman–Crippen LogP) is 15.8. The van der Waals surface area contributed by atoms with Gasteiger partial charge in [0.25, 0.3) is 20.2 Å². The fraction of sp³-hybridized carbons (Fsp3) is 0.432. The highest BCUT2D eigenvalue weighted by Gasteiger charge is 2.47. The van der Waals surface area contributed by atoms with E-state index in [0.29, 0.717) is 62.4 Å². The van der Waals surface area contributed by atoms with Crippen molar-refractivity contribution in [3.8, 4) is 0 Å². The minimum Gasteiger partial charge on any atom is -0.374 e. The highest BCUT2D eigenvalue weighted by Crippen LogP contribution is 2.52. The zero-order chi connectivity index (χ0) is 77.6. The molecule has 576 valence electrons. The van der Waals surface area contributed by atoms with Crippen molar-refractivity contribution in [2.75, 3.05) is 49.2 Å². The van der Waals surface area contributed by atoms with Crippen molar-refractivity contribution >= 4 is 112 Å². The van der Waals surface area contributed by atoms with Crippen LogP contribution in [0.15, 0.2) is 130 Å². The molecule has 0 saturated carbocycles. The third-order valence-corrected chi connectivity index (χ3v) is 25.9. The summed E-state index contributed by atoms with van der Waals surface area (Å²) in [5.74, 6) is -1.82. The van der Waals surface area contributed by atoms with Gasteiger partial charge in [0.05, 0.1) is 28.7 Å². The lowest BCUT2D eigenvalue weighted by Crippen LogP contribution is -2.38. The van der Waals surface area contributed by atoms with E-state index in [1.54, 1.807) is 0 Å². The number of hydrogen-bond acceptors (Lipinski definition) is 10. The van der Waals surface area contributed by atoms with Crippen molar-refractivity contribution in [2.24, 2.45) is 17.8 Å². The van der Waals surface area contributed by atoms with Crippen molar-refractivity contribution in [1.29, 1.82) is 0 Å². The van der Waals surface area contributed by atoms with Gasteiger partial charge in [-0.1, -0.05) is 132 Å². The van der Waals surface area contributed by atoms with Crippen LogP contribution in [0, 0.1) is 38.5 Å². The van der Waals surface area contributed by atoms with Crippen LogP contribution in [0.4, 0.5) is 11.4 Å². The first-order valence-corrected chi connectivity index (χ1v) is 42.7. The largest absolute Gasteiger partial charge is 0.374 e. The molecule has 4 aliphatic heterocycles. The number of fused-ring (bicyclic) bond motifs is 13. The predicted molar refractivity (Wildman–Crippen MR) is 439 cm³/mol. The number of hydrogen-bond donors (Lipinski definition) is 8. The molecule has 4 aromatic carbocycles. The van der Waals surface area contributed by atoms with Crippen LogP contribution >= 0.6 is 11.6 Å². The molecule has 13 rings (SSSR count). The maximum atomic E-state index is 15.0. The Morgan fingerprint density at radius 2 is 1.42 bits per heavy atom. The molecule has 7 heterocycles. The number of unbranched alkanes of at least 4 members (excludes halogenated alkanes) is 5. The normalized spacial score (nSPS) is 19.7. The molecule has 0 radical (unpaired) electrons. The van der Waals surface area contributed by atoms with Crippen LogP contribution in [0.3, 0.4) is 0 Å². The van der Waals surface area contributed by atoms with E-state index in [1.807, 2.05) is 43.3 Å². The summed E-state index contributed by atoms with van der Waals surface area (Å²) in [6.45, 7) is 25.8. The van der Waals surface area contributed by atoms with Gasteiger partial charge in [-0.2, -0.15) is 21.4 Å². The molecule has 0 spiro atoms. The van der Waals surface area contributed by atoms with E-state index in [2.05, 4.69) is 189 Å². The third kappa shape index (κ3) is 16.0. The van der Waals surface area contributed by atoms with Crippen LogP contribution in [-0.4, -0.2) is 113 Å². The Kier molecular flexibility index (Phi) is 23.0. The summed E-state index contributed by atoms with van der Waals surface area (Å²) in [6, 6.07) is 25.0. The zero-order valence-corrected chi connectivity index (χ0v) is 67.3. The Morgan fingerprint density at radius 1 is 0.743 bits per heavy atom. The average molecular weight is 1540 g/mol. The Labute approximate surface area is 646 Å². The Morgan fingerprint density at radius 3 is 2.14 bits per heavy atom. The Bertz CT molecular complexity index is 5420. The van der Waals surface area contributed by atoms with E-state index in [9.17, 15) is 40.3 Å². The van der Waals surface area contributed by atoms with E-state index >= 15 is 0 Å². The number of anilines is 1. The SMILES string of the molecule is CCCCCCOC(C)c1c2[nH]c(c1C)C=C1NC(=C3CC(=O)c4c3[nH]c(c4C)C=c3[nH]c(c(C)c3CC)=C2)C(CCC(=O)NCCNC(=O)C2CC(=CC=C3N(CCCCS(=O)(=O)O)c4ccc5ccccc5c4C3(C)C)C(Cl)=C(C=CC3=[N+](CCCCS(=O)(=O)O)c4ccc5ccccc5c4C3(C)C)C2)C1C. The summed E-state index contributed by atoms with van der Waals surface area (Å²) in [5.41, 5.74) is 19.2. The Balaban J connectivity index is 0.777. The van der Waals surface area contributed by atoms with Gasteiger partial charge in [-0.3, -0.25) is 23.5 Å². The van der Waals surface area contributed by atoms with Gasteiger partial charge in [-0.05, 0) is 190 Å². The van der Waals surface area contributed by atoms with Gasteiger partial charge in [-0.25, -0.2) is 0 Å². The number of amides is 2. The number of aromatic amines is 3. The van der Waals surface area contributed by atoms with Gasteiger partial charge in [0, 0.05) is 159 Å². The molecular formula is C88H106ClN8O10S2+. The number of Topliss-reactive ketones (excluding diaryl/α,β-unsaturated/α-hetero) is 1. The fourth-order valence-corrected chi connectivity index (χ4v) is 19.5. The molecule has 6 aliphatic rings. The van der Waals surface area contributed by atoms with Gasteiger partial charge in [0.2, 0.25) is 17.5 Å². The van der Waals surface area contributed by atoms with Crippen LogP contribution < -0.4 is 31.5 Å². The summed E-state index contributed by atoms with van der Waals surface area (Å²) in [5, 5.41) is 17.1. The third-order valence-electron chi connectivity index (χ3n) is 23.9. The molecule has 3 aromatic heterocycles. The van der Waals surface area contributed by atoms with E-state index in [-0.39, 0.29) is 85.8 Å². The highest BCUT2D eigenvalue weighted by atomic mass is 35.5. The smallest absolute Gasteiger partial charge is 0.264 e. The first kappa shape index (κ1) is 78.5. The highest BCUT2D eigenvalue weighted by molar-refractivity contribution is 7.86. The first-order valence-electron chi connectivity index (χ1n) is 39.1. The number of ether oxygens (including phenoxy) is 1. The van der Waals surface area contributed by atoms with Crippen molar-refractivity contribution in [1.82, 2.24) is 30.9 Å². The molecule has 1 fully saturated rings. The summed E-state index contributed by atoms with van der Waals surface area (Å²) in [6.07, 6.45) is 22.8. The van der Waals surface area contributed by atoms with E-state index in [0.717, 1.165) is 159 Å². The molecule has 7 aromatic rings. The van der Waals surface area contributed by atoms with Gasteiger partial charge >= 0.3 is 0 Å². The molecule has 21 heteroatoms. The van der Waals surface area contributed by atoms with E-state index in [4.69, 9.17) is 16.3 Å². The van der Waals surface area contributed by atoms with Gasteiger partial charge in [0.1, 0.15) is 6.54 Å². The number of ketones is 1. The van der Waals surface area contributed by atoms with Crippen molar-refractivity contribution < 1.29 is 49.6 Å². The number of H-pyrrole nitrogens is 3. The van der Waals surface area contributed by atoms with E-state index < -0.39 is 37.0 Å². The average Bonchev–Trinajstić information content (AvgIpc) is 1.59. The van der Waals surface area contributed by atoms with Crippen LogP contribution in [0.1, 0.15) is 217 Å². The fourth-order valence-electron chi connectivity index (χ4n) is 18.1. The van der Waals surface area contributed by atoms with Gasteiger partial charge < -0.3 is 40.5 Å². The second-order valence-corrected chi connectivity index (χ2v) is 35.3. The van der Waals surface area contributed by atoms with Crippen molar-refractivity contribution in [2.45, 2.75) is 183 Å². The number of rotatable bonds is 28. The molecule has 2 amide bonds. The summed E-state index contributed by atoms with van der Waals surface area (Å²) < 4.78 is 75.9. The number of carbonyl (C=O) groups excluding carboxylic acids is 3. The van der Waals surface area contributed by atoms with Gasteiger partial charge in [0.15, 0.2) is 11.5 Å². The lowest BCUT2D eigenvalue weighted by atomic mass is 9.78. The second-order valence-electron chi connectivity index (χ2n) is 31.8. The van der Waals surface area contributed by atoms with Crippen LogP contribution in [0.25, 0.3) is 45.3 Å². The monoisotopic (exact) mass is 1530 g/mol. The number of nitrogens with one attached hydrogen (secondary N) is 6. The molecule has 2 aliphatic carbocycles. The standard InChI is InChI=1S/C88H105ClN8O10S2/c1-12-14-15-22-43-107-56(7)79-54(5)69-49-68-53(4)63(84(94-68)66-48-75(98)80-55(6)70(95-85(66)80)50-71-62(13-2)52(3)67(92-71)51-72(79)93-69)33-38-78(99)90-39-40-91-86(100)61-46-59(31-36-76-87(8,9)81-64-27-18-16-25-57(64)29-34-73(81)96(76)41-20-23-44-108(101,102)103)83(89)60(47-61)32-37-77-88(10,11)82-65-28-19-17-26-58(65)30-35-74(82)97(77)42-21-24-45-109(104,105)106/h16-19,25-32,34-37,49-51,53,56,61,63,92-93H,12-15,20-24,33,38-48H2,1-11H3,(H5-,90,91,94,95,98,99,100,101,102,103,104,105,106)/p+1. The van der Waals surface area contributed by atoms with Crippen LogP contribution in [0.2, 0.25) is 0 Å². The number of benzene rings is 4. The Hall–Kier alpha value is -8.63. The number of aromatic nitrogens is 3. The lowest BCUT2D eigenvalue weighted by Gasteiger charge is -2.28. The lowest BCUT2D eigenvalue weighted by molar-refractivity contribution is -0.438.